The van der Waals surface area contributed by atoms with E-state index >= 15 is 0 Å². The summed E-state index contributed by atoms with van der Waals surface area (Å²) in [7, 11) is 0. The third-order valence-electron chi connectivity index (χ3n) is 5.35. The molecule has 1 heterocycles. The number of carbonyl (C=O) groups is 2. The van der Waals surface area contributed by atoms with Crippen molar-refractivity contribution in [3.05, 3.63) is 64.1 Å². The average molecular weight is 431 g/mol. The van der Waals surface area contributed by atoms with Crippen molar-refractivity contribution in [1.82, 2.24) is 4.90 Å². The molecule has 0 aliphatic carbocycles. The summed E-state index contributed by atoms with van der Waals surface area (Å²) in [4.78, 5) is 27.7. The zero-order valence-electron chi connectivity index (χ0n) is 15.6. The van der Waals surface area contributed by atoms with E-state index in [1.165, 1.54) is 4.90 Å². The van der Waals surface area contributed by atoms with Crippen molar-refractivity contribution in [3.63, 3.8) is 0 Å². The summed E-state index contributed by atoms with van der Waals surface area (Å²) in [6.45, 7) is 5.83. The first kappa shape index (κ1) is 19.4. The first-order valence-corrected chi connectivity index (χ1v) is 9.73. The van der Waals surface area contributed by atoms with Crippen LogP contribution < -0.4 is 4.90 Å². The maximum Gasteiger partial charge on any atom is 0.408 e. The number of amides is 2. The third kappa shape index (κ3) is 3.72. The Labute approximate surface area is 167 Å². The zero-order chi connectivity index (χ0) is 19.7. The van der Waals surface area contributed by atoms with Crippen LogP contribution >= 0.6 is 15.9 Å². The normalized spacial score (nSPS) is 21.5. The fourth-order valence-electron chi connectivity index (χ4n) is 3.96. The predicted octanol–water partition coefficient (Wildman–Crippen LogP) is 5.06. The molecule has 1 N–H and O–H groups in total. The SMILES string of the molecule is CC(=O)N1c2ccc(Br)cc2[C@H](N(Cc2ccccc2)C(=O)O)[C@H](C)[C@@H]1C. The van der Waals surface area contributed by atoms with Crippen molar-refractivity contribution in [1.29, 1.82) is 0 Å². The Morgan fingerprint density at radius 2 is 1.81 bits per heavy atom. The molecular formula is C21H23BrN2O3. The maximum absolute atomic E-state index is 12.3. The van der Waals surface area contributed by atoms with E-state index < -0.39 is 6.09 Å². The highest BCUT2D eigenvalue weighted by atomic mass is 79.9. The maximum atomic E-state index is 12.3. The summed E-state index contributed by atoms with van der Waals surface area (Å²) in [5.41, 5.74) is 2.56. The summed E-state index contributed by atoms with van der Waals surface area (Å²) in [6.07, 6.45) is -0.967. The molecule has 0 fully saturated rings. The van der Waals surface area contributed by atoms with Gasteiger partial charge in [-0.1, -0.05) is 53.2 Å². The van der Waals surface area contributed by atoms with Crippen LogP contribution in [0.4, 0.5) is 10.5 Å². The minimum atomic E-state index is -0.967. The number of hydrogen-bond acceptors (Lipinski definition) is 2. The van der Waals surface area contributed by atoms with E-state index in [0.29, 0.717) is 6.54 Å². The summed E-state index contributed by atoms with van der Waals surface area (Å²) in [6, 6.07) is 14.8. The third-order valence-corrected chi connectivity index (χ3v) is 5.84. The van der Waals surface area contributed by atoms with E-state index in [1.807, 2.05) is 62.4 Å². The largest absolute Gasteiger partial charge is 0.465 e. The van der Waals surface area contributed by atoms with Crippen LogP contribution in [0.2, 0.25) is 0 Å². The van der Waals surface area contributed by atoms with E-state index in [4.69, 9.17) is 0 Å². The number of anilines is 1. The van der Waals surface area contributed by atoms with Gasteiger partial charge in [0.05, 0.1) is 6.04 Å². The lowest BCUT2D eigenvalue weighted by atomic mass is 9.81. The van der Waals surface area contributed by atoms with Crippen molar-refractivity contribution < 1.29 is 14.7 Å². The van der Waals surface area contributed by atoms with Crippen LogP contribution in [0.15, 0.2) is 53.0 Å². The van der Waals surface area contributed by atoms with Gasteiger partial charge in [0.25, 0.3) is 0 Å². The standard InChI is InChI=1S/C21H23BrN2O3/c1-13-14(2)24(15(3)25)19-10-9-17(22)11-18(19)20(13)23(21(26)27)12-16-7-5-4-6-8-16/h4-11,13-14,20H,12H2,1-3H3,(H,26,27)/t13-,14+,20-/m1/s1. The van der Waals surface area contributed by atoms with Crippen LogP contribution in [0.25, 0.3) is 0 Å². The second-order valence-corrected chi connectivity index (χ2v) is 7.95. The van der Waals surface area contributed by atoms with Crippen molar-refractivity contribution in [2.75, 3.05) is 4.90 Å². The summed E-state index contributed by atoms with van der Waals surface area (Å²) in [5.74, 6) is -0.100. The van der Waals surface area contributed by atoms with E-state index in [9.17, 15) is 14.7 Å². The van der Waals surface area contributed by atoms with E-state index in [-0.39, 0.29) is 23.9 Å². The number of fused-ring (bicyclic) bond motifs is 1. The van der Waals surface area contributed by atoms with Gasteiger partial charge in [0, 0.05) is 41.2 Å². The topological polar surface area (TPSA) is 60.9 Å². The number of hydrogen-bond donors (Lipinski definition) is 1. The molecule has 6 heteroatoms. The van der Waals surface area contributed by atoms with Crippen LogP contribution in [0, 0.1) is 5.92 Å². The Kier molecular flexibility index (Phi) is 5.56. The Morgan fingerprint density at radius 1 is 1.15 bits per heavy atom. The quantitative estimate of drug-likeness (QED) is 0.739. The Morgan fingerprint density at radius 3 is 2.41 bits per heavy atom. The first-order valence-electron chi connectivity index (χ1n) is 8.94. The molecule has 5 nitrogen and oxygen atoms in total. The lowest BCUT2D eigenvalue weighted by Crippen LogP contribution is -2.51. The molecule has 0 saturated carbocycles. The summed E-state index contributed by atoms with van der Waals surface area (Å²) < 4.78 is 0.863. The summed E-state index contributed by atoms with van der Waals surface area (Å²) in [5, 5.41) is 9.99. The van der Waals surface area contributed by atoms with Gasteiger partial charge in [-0.2, -0.15) is 0 Å². The van der Waals surface area contributed by atoms with E-state index in [1.54, 1.807) is 11.8 Å². The minimum absolute atomic E-state index is 0.0405. The zero-order valence-corrected chi connectivity index (χ0v) is 17.2. The van der Waals surface area contributed by atoms with E-state index in [0.717, 1.165) is 21.3 Å². The van der Waals surface area contributed by atoms with Gasteiger partial charge in [0.1, 0.15) is 0 Å². The van der Waals surface area contributed by atoms with Gasteiger partial charge >= 0.3 is 6.09 Å². The van der Waals surface area contributed by atoms with E-state index in [2.05, 4.69) is 15.9 Å². The van der Waals surface area contributed by atoms with Gasteiger partial charge in [-0.15, -0.1) is 0 Å². The number of benzene rings is 2. The molecule has 0 unspecified atom stereocenters. The molecule has 2 aromatic carbocycles. The molecule has 1 aliphatic heterocycles. The van der Waals surface area contributed by atoms with Gasteiger partial charge in [-0.25, -0.2) is 4.79 Å². The minimum Gasteiger partial charge on any atom is -0.465 e. The van der Waals surface area contributed by atoms with Crippen molar-refractivity contribution in [2.45, 2.75) is 39.4 Å². The number of halogens is 1. The molecule has 2 amide bonds. The highest BCUT2D eigenvalue weighted by Gasteiger charge is 2.42. The van der Waals surface area contributed by atoms with Crippen molar-refractivity contribution in [3.8, 4) is 0 Å². The Bertz CT molecular complexity index is 856. The van der Waals surface area contributed by atoms with Crippen LogP contribution in [0.3, 0.4) is 0 Å². The number of nitrogens with zero attached hydrogens (tertiary/aromatic N) is 2. The van der Waals surface area contributed by atoms with Gasteiger partial charge < -0.3 is 10.0 Å². The first-order chi connectivity index (χ1) is 12.8. The molecule has 0 aromatic heterocycles. The molecule has 1 aliphatic rings. The van der Waals surface area contributed by atoms with Gasteiger partial charge in [0.2, 0.25) is 5.91 Å². The van der Waals surface area contributed by atoms with Gasteiger partial charge in [0.15, 0.2) is 0 Å². The molecule has 0 bridgehead atoms. The van der Waals surface area contributed by atoms with Crippen LogP contribution in [0.1, 0.15) is 37.9 Å². The highest BCUT2D eigenvalue weighted by Crippen LogP contribution is 2.45. The number of rotatable bonds is 3. The average Bonchev–Trinajstić information content (AvgIpc) is 2.62. The molecule has 27 heavy (non-hydrogen) atoms. The highest BCUT2D eigenvalue weighted by molar-refractivity contribution is 9.10. The van der Waals surface area contributed by atoms with Gasteiger partial charge in [-0.05, 0) is 30.7 Å². The second kappa shape index (κ2) is 7.72. The smallest absolute Gasteiger partial charge is 0.408 e. The lowest BCUT2D eigenvalue weighted by molar-refractivity contribution is -0.117. The molecule has 3 rings (SSSR count). The fourth-order valence-corrected chi connectivity index (χ4v) is 4.34. The molecular weight excluding hydrogens is 408 g/mol. The van der Waals surface area contributed by atoms with Crippen LogP contribution in [0.5, 0.6) is 0 Å². The molecule has 0 radical (unpaired) electrons. The second-order valence-electron chi connectivity index (χ2n) is 7.03. The molecule has 142 valence electrons. The Hall–Kier alpha value is -2.34. The summed E-state index contributed by atoms with van der Waals surface area (Å²) >= 11 is 3.49. The Balaban J connectivity index is 2.11. The van der Waals surface area contributed by atoms with Gasteiger partial charge in [-0.3, -0.25) is 9.69 Å². The van der Waals surface area contributed by atoms with Crippen molar-refractivity contribution in [2.24, 2.45) is 5.92 Å². The molecule has 0 spiro atoms. The molecule has 0 saturated heterocycles. The fraction of sp³-hybridized carbons (Fsp3) is 0.333. The monoisotopic (exact) mass is 430 g/mol. The van der Waals surface area contributed by atoms with Crippen LogP contribution in [-0.2, 0) is 11.3 Å². The van der Waals surface area contributed by atoms with Crippen LogP contribution in [-0.4, -0.2) is 28.0 Å². The number of carboxylic acid groups (broad SMARTS) is 1. The lowest BCUT2D eigenvalue weighted by Gasteiger charge is -2.46. The predicted molar refractivity (Wildman–Crippen MR) is 109 cm³/mol. The number of carbonyl (C=O) groups excluding carboxylic acids is 1. The molecule has 2 aromatic rings. The van der Waals surface area contributed by atoms with Crippen molar-refractivity contribution >= 4 is 33.6 Å². The molecule has 3 atom stereocenters.